The largest absolute Gasteiger partial charge is 0.494 e. The average Bonchev–Trinajstić information content (AvgIpc) is 2.88. The maximum atomic E-state index is 12.2. The van der Waals surface area contributed by atoms with Gasteiger partial charge in [0.15, 0.2) is 0 Å². The predicted molar refractivity (Wildman–Crippen MR) is 139 cm³/mol. The molecule has 1 atom stereocenters. The topological polar surface area (TPSA) is 44.8 Å². The number of unbranched alkanes of at least 4 members (excludes halogenated alkanes) is 4. The van der Waals surface area contributed by atoms with Crippen molar-refractivity contribution in [2.24, 2.45) is 5.92 Å². The van der Waals surface area contributed by atoms with Crippen molar-refractivity contribution in [1.29, 1.82) is 0 Å². The highest BCUT2D eigenvalue weighted by Crippen LogP contribution is 2.26. The van der Waals surface area contributed by atoms with E-state index in [1.807, 2.05) is 30.3 Å². The molecule has 0 heterocycles. The maximum absolute atomic E-state index is 12.2. The van der Waals surface area contributed by atoms with E-state index in [1.54, 1.807) is 12.1 Å². The Morgan fingerprint density at radius 2 is 1.44 bits per heavy atom. The molecule has 3 aromatic rings. The number of hydrogen-bond acceptors (Lipinski definition) is 4. The lowest BCUT2D eigenvalue weighted by molar-refractivity contribution is 0.0447. The summed E-state index contributed by atoms with van der Waals surface area (Å²) in [5.74, 6) is 1.83. The van der Waals surface area contributed by atoms with E-state index in [0.717, 1.165) is 47.3 Å². The van der Waals surface area contributed by atoms with Gasteiger partial charge in [-0.3, -0.25) is 0 Å². The van der Waals surface area contributed by atoms with E-state index in [4.69, 9.17) is 14.2 Å². The molecule has 182 valence electrons. The molecular weight excluding hydrogens is 424 g/mol. The van der Waals surface area contributed by atoms with E-state index in [9.17, 15) is 4.79 Å². The van der Waals surface area contributed by atoms with Gasteiger partial charge in [0.2, 0.25) is 0 Å². The monoisotopic (exact) mass is 462 g/mol. The Morgan fingerprint density at radius 1 is 0.794 bits per heavy atom. The molecule has 3 rings (SSSR count). The van der Waals surface area contributed by atoms with Crippen molar-refractivity contribution in [3.8, 4) is 11.5 Å². The first-order chi connectivity index (χ1) is 16.6. The van der Waals surface area contributed by atoms with Crippen LogP contribution in [-0.4, -0.2) is 19.2 Å². The maximum Gasteiger partial charge on any atom is 0.338 e. The molecule has 0 aliphatic rings. The van der Waals surface area contributed by atoms with Gasteiger partial charge in [-0.15, -0.1) is 0 Å². The first-order valence-corrected chi connectivity index (χ1v) is 12.6. The van der Waals surface area contributed by atoms with Crippen LogP contribution >= 0.6 is 0 Å². The Kier molecular flexibility index (Phi) is 10.3. The number of benzene rings is 3. The molecule has 0 unspecified atom stereocenters. The quantitative estimate of drug-likeness (QED) is 0.180. The zero-order chi connectivity index (χ0) is 24.2. The number of rotatable bonds is 14. The fraction of sp³-hybridized carbons (Fsp3) is 0.433. The number of carbonyl (C=O) groups is 1. The third kappa shape index (κ3) is 8.09. The van der Waals surface area contributed by atoms with Crippen molar-refractivity contribution in [1.82, 2.24) is 0 Å². The SMILES string of the molecule is CCCCCCCOc1ccc2cc(OCc3ccc(C(=O)OC[C@H](C)CC)cc3)ccc2c1. The molecule has 4 nitrogen and oxygen atoms in total. The summed E-state index contributed by atoms with van der Waals surface area (Å²) in [5, 5.41) is 2.25. The summed E-state index contributed by atoms with van der Waals surface area (Å²) in [7, 11) is 0. The van der Waals surface area contributed by atoms with E-state index in [-0.39, 0.29) is 5.97 Å². The van der Waals surface area contributed by atoms with E-state index >= 15 is 0 Å². The minimum atomic E-state index is -0.276. The lowest BCUT2D eigenvalue weighted by atomic mass is 10.1. The Balaban J connectivity index is 1.49. The zero-order valence-electron chi connectivity index (χ0n) is 20.8. The van der Waals surface area contributed by atoms with Crippen LogP contribution in [0.2, 0.25) is 0 Å². The van der Waals surface area contributed by atoms with E-state index in [2.05, 4.69) is 39.0 Å². The predicted octanol–water partition coefficient (Wildman–Crippen LogP) is 7.97. The lowest BCUT2D eigenvalue weighted by Gasteiger charge is -2.11. The Bertz CT molecular complexity index is 1030. The molecule has 4 heteroatoms. The Morgan fingerprint density at radius 3 is 2.09 bits per heavy atom. The zero-order valence-corrected chi connectivity index (χ0v) is 20.8. The van der Waals surface area contributed by atoms with Gasteiger partial charge in [-0.1, -0.05) is 77.1 Å². The molecule has 3 aromatic carbocycles. The molecule has 0 saturated carbocycles. The molecule has 0 radical (unpaired) electrons. The van der Waals surface area contributed by atoms with Crippen molar-refractivity contribution < 1.29 is 19.0 Å². The molecule has 0 spiro atoms. The normalized spacial score (nSPS) is 11.9. The van der Waals surface area contributed by atoms with Crippen LogP contribution in [0.5, 0.6) is 11.5 Å². The van der Waals surface area contributed by atoms with Crippen LogP contribution in [0, 0.1) is 5.92 Å². The van der Waals surface area contributed by atoms with Gasteiger partial charge >= 0.3 is 5.97 Å². The molecule has 0 saturated heterocycles. The van der Waals surface area contributed by atoms with Gasteiger partial charge in [0, 0.05) is 0 Å². The number of ether oxygens (including phenoxy) is 3. The Labute approximate surface area is 204 Å². The van der Waals surface area contributed by atoms with Crippen LogP contribution in [0.4, 0.5) is 0 Å². The summed E-state index contributed by atoms with van der Waals surface area (Å²) in [4.78, 5) is 12.2. The van der Waals surface area contributed by atoms with E-state index in [0.29, 0.717) is 24.7 Å². The van der Waals surface area contributed by atoms with Gasteiger partial charge in [-0.05, 0) is 65.1 Å². The summed E-state index contributed by atoms with van der Waals surface area (Å²) in [6.45, 7) is 8.05. The second kappa shape index (κ2) is 13.6. The highest BCUT2D eigenvalue weighted by molar-refractivity contribution is 5.89. The fourth-order valence-corrected chi connectivity index (χ4v) is 3.60. The van der Waals surface area contributed by atoms with Gasteiger partial charge in [-0.2, -0.15) is 0 Å². The van der Waals surface area contributed by atoms with Crippen LogP contribution in [0.3, 0.4) is 0 Å². The molecule has 0 aromatic heterocycles. The van der Waals surface area contributed by atoms with Crippen LogP contribution in [-0.2, 0) is 11.3 Å². The molecule has 0 aliphatic heterocycles. The van der Waals surface area contributed by atoms with Crippen LogP contribution in [0.1, 0.15) is 75.2 Å². The summed E-state index contributed by atoms with van der Waals surface area (Å²) in [6.07, 6.45) is 7.18. The summed E-state index contributed by atoms with van der Waals surface area (Å²) in [6, 6.07) is 19.7. The summed E-state index contributed by atoms with van der Waals surface area (Å²) < 4.78 is 17.3. The van der Waals surface area contributed by atoms with Gasteiger partial charge < -0.3 is 14.2 Å². The first kappa shape index (κ1) is 25.6. The molecule has 0 fully saturated rings. The summed E-state index contributed by atoms with van der Waals surface area (Å²) in [5.41, 5.74) is 1.57. The number of hydrogen-bond donors (Lipinski definition) is 0. The smallest absolute Gasteiger partial charge is 0.338 e. The third-order valence-electron chi connectivity index (χ3n) is 6.09. The minimum Gasteiger partial charge on any atom is -0.494 e. The first-order valence-electron chi connectivity index (χ1n) is 12.6. The van der Waals surface area contributed by atoms with E-state index < -0.39 is 0 Å². The van der Waals surface area contributed by atoms with Crippen molar-refractivity contribution >= 4 is 16.7 Å². The number of fused-ring (bicyclic) bond motifs is 1. The van der Waals surface area contributed by atoms with Gasteiger partial charge in [0.25, 0.3) is 0 Å². The van der Waals surface area contributed by atoms with Crippen molar-refractivity contribution in [3.05, 3.63) is 71.8 Å². The van der Waals surface area contributed by atoms with Gasteiger partial charge in [-0.25, -0.2) is 4.79 Å². The van der Waals surface area contributed by atoms with Crippen LogP contribution in [0.25, 0.3) is 10.8 Å². The molecule has 34 heavy (non-hydrogen) atoms. The second-order valence-electron chi connectivity index (χ2n) is 9.03. The highest BCUT2D eigenvalue weighted by Gasteiger charge is 2.09. The van der Waals surface area contributed by atoms with Crippen molar-refractivity contribution in [3.63, 3.8) is 0 Å². The molecule has 0 bridgehead atoms. The molecule has 0 amide bonds. The molecule has 0 aliphatic carbocycles. The lowest BCUT2D eigenvalue weighted by Crippen LogP contribution is -2.11. The van der Waals surface area contributed by atoms with Gasteiger partial charge in [0.05, 0.1) is 18.8 Å². The number of esters is 1. The van der Waals surface area contributed by atoms with Gasteiger partial charge in [0.1, 0.15) is 18.1 Å². The highest BCUT2D eigenvalue weighted by atomic mass is 16.5. The van der Waals surface area contributed by atoms with Crippen molar-refractivity contribution in [2.45, 2.75) is 65.9 Å². The average molecular weight is 463 g/mol. The minimum absolute atomic E-state index is 0.276. The molecular formula is C30H38O4. The summed E-state index contributed by atoms with van der Waals surface area (Å²) >= 11 is 0. The third-order valence-corrected chi connectivity index (χ3v) is 6.09. The molecule has 0 N–H and O–H groups in total. The Hall–Kier alpha value is -3.01. The number of carbonyl (C=O) groups excluding carboxylic acids is 1. The second-order valence-corrected chi connectivity index (χ2v) is 9.03. The van der Waals surface area contributed by atoms with Crippen molar-refractivity contribution in [2.75, 3.05) is 13.2 Å². The fourth-order valence-electron chi connectivity index (χ4n) is 3.60. The van der Waals surface area contributed by atoms with E-state index in [1.165, 1.54) is 25.7 Å². The van der Waals surface area contributed by atoms with Crippen LogP contribution in [0.15, 0.2) is 60.7 Å². The standard InChI is InChI=1S/C30H38O4/c1-4-6-7-8-9-18-32-28-16-14-27-20-29(17-15-26(27)19-28)33-22-24-10-12-25(13-11-24)30(31)34-21-23(3)5-2/h10-17,19-20,23H,4-9,18,21-22H2,1-3H3/t23-/m1/s1. The van der Waals surface area contributed by atoms with Crippen LogP contribution < -0.4 is 9.47 Å².